The van der Waals surface area contributed by atoms with Gasteiger partial charge in [0, 0.05) is 11.7 Å². The molecule has 1 aliphatic rings. The van der Waals surface area contributed by atoms with Crippen molar-refractivity contribution in [3.63, 3.8) is 0 Å². The normalized spacial score (nSPS) is 20.2. The van der Waals surface area contributed by atoms with Crippen LogP contribution < -0.4 is 10.6 Å². The van der Waals surface area contributed by atoms with Gasteiger partial charge in [-0.3, -0.25) is 4.79 Å². The maximum atomic E-state index is 11.9. The average Bonchev–Trinajstić information content (AvgIpc) is 2.39. The van der Waals surface area contributed by atoms with Crippen molar-refractivity contribution in [2.24, 2.45) is 0 Å². The van der Waals surface area contributed by atoms with E-state index in [1.54, 1.807) is 0 Å². The monoisotopic (exact) mass is 218 g/mol. The lowest BCUT2D eigenvalue weighted by molar-refractivity contribution is -0.118. The summed E-state index contributed by atoms with van der Waals surface area (Å²) >= 11 is 0. The van der Waals surface area contributed by atoms with Gasteiger partial charge < -0.3 is 10.6 Å². The highest BCUT2D eigenvalue weighted by atomic mass is 16.2. The summed E-state index contributed by atoms with van der Waals surface area (Å²) in [7, 11) is 0. The number of fused-ring (bicyclic) bond motifs is 1. The molecule has 1 aromatic carbocycles. The zero-order valence-electron chi connectivity index (χ0n) is 9.79. The van der Waals surface area contributed by atoms with Crippen LogP contribution in [-0.4, -0.2) is 18.0 Å². The summed E-state index contributed by atoms with van der Waals surface area (Å²) in [4.78, 5) is 11.9. The van der Waals surface area contributed by atoms with E-state index in [-0.39, 0.29) is 11.9 Å². The number of carbonyl (C=O) groups excluding carboxylic acids is 1. The van der Waals surface area contributed by atoms with Crippen LogP contribution in [0.4, 0.5) is 5.69 Å². The zero-order valence-corrected chi connectivity index (χ0v) is 9.79. The number of carbonyl (C=O) groups is 1. The van der Waals surface area contributed by atoms with Gasteiger partial charge in [-0.15, -0.1) is 0 Å². The van der Waals surface area contributed by atoms with Crippen molar-refractivity contribution in [3.8, 4) is 0 Å². The van der Waals surface area contributed by atoms with Crippen molar-refractivity contribution >= 4 is 11.6 Å². The molecule has 1 unspecified atom stereocenters. The van der Waals surface area contributed by atoms with Gasteiger partial charge in [-0.25, -0.2) is 0 Å². The van der Waals surface area contributed by atoms with Crippen LogP contribution in [-0.2, 0) is 11.2 Å². The molecule has 0 bridgehead atoms. The van der Waals surface area contributed by atoms with E-state index in [2.05, 4.69) is 30.5 Å². The third kappa shape index (κ3) is 2.42. The second-order valence-corrected chi connectivity index (χ2v) is 4.56. The predicted octanol–water partition coefficient (Wildman–Crippen LogP) is 1.94. The van der Waals surface area contributed by atoms with Crippen LogP contribution in [0.2, 0.25) is 0 Å². The lowest BCUT2D eigenvalue weighted by Gasteiger charge is -2.17. The number of benzene rings is 1. The molecule has 1 atom stereocenters. The van der Waals surface area contributed by atoms with Crippen LogP contribution in [0.25, 0.3) is 0 Å². The molecular weight excluding hydrogens is 200 g/mol. The number of anilines is 1. The van der Waals surface area contributed by atoms with Crippen LogP contribution in [0.1, 0.15) is 25.8 Å². The molecule has 0 saturated heterocycles. The minimum atomic E-state index is -0.0765. The van der Waals surface area contributed by atoms with Crippen LogP contribution in [0, 0.1) is 0 Å². The summed E-state index contributed by atoms with van der Waals surface area (Å²) in [5.41, 5.74) is 2.18. The second kappa shape index (κ2) is 4.66. The van der Waals surface area contributed by atoms with E-state index in [0.29, 0.717) is 6.04 Å². The molecule has 1 aliphatic heterocycles. The maximum absolute atomic E-state index is 11.9. The number of amides is 1. The number of para-hydroxylation sites is 1. The molecule has 86 valence electrons. The Morgan fingerprint density at radius 1 is 1.38 bits per heavy atom. The predicted molar refractivity (Wildman–Crippen MR) is 65.5 cm³/mol. The fourth-order valence-corrected chi connectivity index (χ4v) is 2.07. The maximum Gasteiger partial charge on any atom is 0.241 e. The molecule has 0 saturated carbocycles. The van der Waals surface area contributed by atoms with Gasteiger partial charge in [-0.2, -0.15) is 0 Å². The van der Waals surface area contributed by atoms with Crippen LogP contribution in [0.15, 0.2) is 24.3 Å². The van der Waals surface area contributed by atoms with E-state index in [1.165, 1.54) is 5.56 Å². The Labute approximate surface area is 96.2 Å². The number of hydrogen-bond acceptors (Lipinski definition) is 2. The Morgan fingerprint density at radius 2 is 2.12 bits per heavy atom. The van der Waals surface area contributed by atoms with Crippen molar-refractivity contribution < 1.29 is 4.79 Å². The summed E-state index contributed by atoms with van der Waals surface area (Å²) in [6.07, 6.45) is 1.81. The number of nitrogens with one attached hydrogen (secondary N) is 2. The van der Waals surface area contributed by atoms with Crippen molar-refractivity contribution in [1.29, 1.82) is 0 Å². The largest absolute Gasteiger partial charge is 0.324 e. The van der Waals surface area contributed by atoms with Gasteiger partial charge in [0.1, 0.15) is 0 Å². The van der Waals surface area contributed by atoms with Crippen molar-refractivity contribution in [1.82, 2.24) is 5.32 Å². The fourth-order valence-electron chi connectivity index (χ4n) is 2.07. The van der Waals surface area contributed by atoms with E-state index in [1.807, 2.05) is 18.2 Å². The summed E-state index contributed by atoms with van der Waals surface area (Å²) in [6.45, 7) is 4.12. The van der Waals surface area contributed by atoms with E-state index >= 15 is 0 Å². The molecule has 0 radical (unpaired) electrons. The molecule has 0 aliphatic carbocycles. The van der Waals surface area contributed by atoms with Gasteiger partial charge in [-0.05, 0) is 24.5 Å². The first-order valence-corrected chi connectivity index (χ1v) is 5.81. The molecule has 3 heteroatoms. The van der Waals surface area contributed by atoms with E-state index in [4.69, 9.17) is 0 Å². The SMILES string of the molecule is CC(C)NC1CCc2ccccc2NC1=O. The average molecular weight is 218 g/mol. The van der Waals surface area contributed by atoms with Gasteiger partial charge >= 0.3 is 0 Å². The van der Waals surface area contributed by atoms with Gasteiger partial charge in [0.05, 0.1) is 6.04 Å². The molecule has 0 aromatic heterocycles. The number of hydrogen-bond donors (Lipinski definition) is 2. The molecule has 1 amide bonds. The second-order valence-electron chi connectivity index (χ2n) is 4.56. The molecule has 1 heterocycles. The first-order valence-electron chi connectivity index (χ1n) is 5.81. The summed E-state index contributed by atoms with van der Waals surface area (Å²) in [5, 5.41) is 6.27. The van der Waals surface area contributed by atoms with E-state index in [0.717, 1.165) is 18.5 Å². The van der Waals surface area contributed by atoms with Crippen LogP contribution in [0.5, 0.6) is 0 Å². The third-order valence-electron chi connectivity index (χ3n) is 2.83. The van der Waals surface area contributed by atoms with Crippen molar-refractivity contribution in [2.45, 2.75) is 38.8 Å². The minimum Gasteiger partial charge on any atom is -0.324 e. The highest BCUT2D eigenvalue weighted by molar-refractivity contribution is 5.96. The Morgan fingerprint density at radius 3 is 2.88 bits per heavy atom. The molecule has 2 rings (SSSR count). The van der Waals surface area contributed by atoms with Gasteiger partial charge in [0.15, 0.2) is 0 Å². The molecule has 0 spiro atoms. The fraction of sp³-hybridized carbons (Fsp3) is 0.462. The quantitative estimate of drug-likeness (QED) is 0.796. The number of rotatable bonds is 2. The van der Waals surface area contributed by atoms with Gasteiger partial charge in [0.2, 0.25) is 5.91 Å². The third-order valence-corrected chi connectivity index (χ3v) is 2.83. The minimum absolute atomic E-state index is 0.0765. The topological polar surface area (TPSA) is 41.1 Å². The van der Waals surface area contributed by atoms with Crippen molar-refractivity contribution in [2.75, 3.05) is 5.32 Å². The molecule has 16 heavy (non-hydrogen) atoms. The Hall–Kier alpha value is -1.35. The summed E-state index contributed by atoms with van der Waals surface area (Å²) in [5.74, 6) is 0.0821. The summed E-state index contributed by atoms with van der Waals surface area (Å²) < 4.78 is 0. The molecular formula is C13H18N2O. The number of aryl methyl sites for hydroxylation is 1. The van der Waals surface area contributed by atoms with Gasteiger partial charge in [0.25, 0.3) is 0 Å². The van der Waals surface area contributed by atoms with Crippen LogP contribution in [0.3, 0.4) is 0 Å². The Balaban J connectivity index is 2.15. The zero-order chi connectivity index (χ0) is 11.5. The first kappa shape index (κ1) is 11.1. The standard InChI is InChI=1S/C13H18N2O/c1-9(2)14-12-8-7-10-5-3-4-6-11(10)15-13(12)16/h3-6,9,12,14H,7-8H2,1-2H3,(H,15,16). The first-order chi connectivity index (χ1) is 7.66. The van der Waals surface area contributed by atoms with Crippen molar-refractivity contribution in [3.05, 3.63) is 29.8 Å². The Bertz CT molecular complexity index is 387. The molecule has 0 fully saturated rings. The molecule has 3 nitrogen and oxygen atoms in total. The highest BCUT2D eigenvalue weighted by Gasteiger charge is 2.23. The van der Waals surface area contributed by atoms with Gasteiger partial charge in [-0.1, -0.05) is 32.0 Å². The lowest BCUT2D eigenvalue weighted by atomic mass is 10.1. The Kier molecular flexibility index (Phi) is 3.25. The highest BCUT2D eigenvalue weighted by Crippen LogP contribution is 2.21. The van der Waals surface area contributed by atoms with Crippen LogP contribution >= 0.6 is 0 Å². The smallest absolute Gasteiger partial charge is 0.241 e. The summed E-state index contributed by atoms with van der Waals surface area (Å²) in [6, 6.07) is 8.26. The molecule has 1 aromatic rings. The van der Waals surface area contributed by atoms with E-state index in [9.17, 15) is 4.79 Å². The molecule has 2 N–H and O–H groups in total. The van der Waals surface area contributed by atoms with E-state index < -0.39 is 0 Å². The lowest BCUT2D eigenvalue weighted by Crippen LogP contribution is -2.43.